The van der Waals surface area contributed by atoms with E-state index >= 15 is 0 Å². The van der Waals surface area contributed by atoms with E-state index < -0.39 is 21.5 Å². The van der Waals surface area contributed by atoms with Gasteiger partial charge in [-0.05, 0) is 11.5 Å². The van der Waals surface area contributed by atoms with Crippen LogP contribution in [0, 0.1) is 0 Å². The zero-order valence-electron chi connectivity index (χ0n) is 12.8. The average molecular weight is 332 g/mol. The second kappa shape index (κ2) is 7.78. The standard InChI is InChI=1S/C17H20N2O3S/c1-2-12-23(21,22)13-17(20)19-11-10-18-16-9-5-7-14-6-3-4-8-15(14)16/h2-9,18H,1,10-13H2,(H,19,20). The van der Waals surface area contributed by atoms with Crippen molar-refractivity contribution >= 4 is 32.2 Å². The van der Waals surface area contributed by atoms with E-state index in [1.807, 2.05) is 42.5 Å². The van der Waals surface area contributed by atoms with Crippen molar-refractivity contribution in [1.29, 1.82) is 0 Å². The number of fused-ring (bicyclic) bond motifs is 1. The van der Waals surface area contributed by atoms with Crippen molar-refractivity contribution in [2.75, 3.05) is 29.9 Å². The second-order valence-electron chi connectivity index (χ2n) is 5.15. The fourth-order valence-electron chi connectivity index (χ4n) is 2.27. The van der Waals surface area contributed by atoms with Crippen LogP contribution in [-0.2, 0) is 14.6 Å². The molecule has 0 saturated carbocycles. The van der Waals surface area contributed by atoms with Gasteiger partial charge >= 0.3 is 0 Å². The van der Waals surface area contributed by atoms with Gasteiger partial charge in [-0.3, -0.25) is 4.79 Å². The number of benzene rings is 2. The van der Waals surface area contributed by atoms with Crippen LogP contribution < -0.4 is 10.6 Å². The van der Waals surface area contributed by atoms with Crippen molar-refractivity contribution in [3.8, 4) is 0 Å². The molecule has 6 heteroatoms. The molecule has 0 aliphatic heterocycles. The lowest BCUT2D eigenvalue weighted by Crippen LogP contribution is -2.34. The Labute approximate surface area is 136 Å². The summed E-state index contributed by atoms with van der Waals surface area (Å²) in [5.74, 6) is -1.19. The minimum absolute atomic E-state index is 0.186. The fourth-order valence-corrected chi connectivity index (χ4v) is 3.25. The Kier molecular flexibility index (Phi) is 5.76. The molecule has 0 fully saturated rings. The van der Waals surface area contributed by atoms with Crippen LogP contribution in [0.5, 0.6) is 0 Å². The molecule has 0 aromatic heterocycles. The molecule has 2 aromatic carbocycles. The smallest absolute Gasteiger partial charge is 0.235 e. The summed E-state index contributed by atoms with van der Waals surface area (Å²) in [6.45, 7) is 4.23. The number of sulfone groups is 1. The van der Waals surface area contributed by atoms with Gasteiger partial charge in [0.15, 0.2) is 9.84 Å². The summed E-state index contributed by atoms with van der Waals surface area (Å²) >= 11 is 0. The first kappa shape index (κ1) is 17.0. The first-order valence-corrected chi connectivity index (χ1v) is 9.13. The molecule has 1 amide bonds. The molecule has 0 bridgehead atoms. The van der Waals surface area contributed by atoms with E-state index in [1.165, 1.54) is 6.08 Å². The summed E-state index contributed by atoms with van der Waals surface area (Å²) in [7, 11) is -3.40. The fraction of sp³-hybridized carbons (Fsp3) is 0.235. The highest BCUT2D eigenvalue weighted by Gasteiger charge is 2.14. The van der Waals surface area contributed by atoms with Crippen LogP contribution in [0.4, 0.5) is 5.69 Å². The largest absolute Gasteiger partial charge is 0.383 e. The Morgan fingerprint density at radius 1 is 1.09 bits per heavy atom. The van der Waals surface area contributed by atoms with Crippen LogP contribution in [0.15, 0.2) is 55.1 Å². The number of carbonyl (C=O) groups excluding carboxylic acids is 1. The van der Waals surface area contributed by atoms with Gasteiger partial charge in [-0.2, -0.15) is 0 Å². The molecular formula is C17H20N2O3S. The maximum atomic E-state index is 11.6. The zero-order chi connectivity index (χ0) is 16.7. The molecule has 2 aromatic rings. The molecule has 2 N–H and O–H groups in total. The summed E-state index contributed by atoms with van der Waals surface area (Å²) < 4.78 is 23.0. The van der Waals surface area contributed by atoms with Crippen LogP contribution >= 0.6 is 0 Å². The monoisotopic (exact) mass is 332 g/mol. The van der Waals surface area contributed by atoms with Crippen molar-refractivity contribution in [2.24, 2.45) is 0 Å². The summed E-state index contributed by atoms with van der Waals surface area (Å²) in [5, 5.41) is 8.09. The first-order valence-electron chi connectivity index (χ1n) is 7.31. The van der Waals surface area contributed by atoms with E-state index in [0.29, 0.717) is 13.1 Å². The number of hydrogen-bond acceptors (Lipinski definition) is 4. The lowest BCUT2D eigenvalue weighted by Gasteiger charge is -2.10. The Hall–Kier alpha value is -2.34. The van der Waals surface area contributed by atoms with Crippen molar-refractivity contribution in [1.82, 2.24) is 5.32 Å². The van der Waals surface area contributed by atoms with Gasteiger partial charge in [0.1, 0.15) is 5.75 Å². The molecule has 2 rings (SSSR count). The highest BCUT2D eigenvalue weighted by Crippen LogP contribution is 2.22. The Morgan fingerprint density at radius 2 is 1.83 bits per heavy atom. The van der Waals surface area contributed by atoms with Crippen LogP contribution in [-0.4, -0.2) is 38.9 Å². The van der Waals surface area contributed by atoms with Gasteiger partial charge in [-0.15, -0.1) is 6.58 Å². The Morgan fingerprint density at radius 3 is 2.61 bits per heavy atom. The summed E-state index contributed by atoms with van der Waals surface area (Å²) in [6.07, 6.45) is 1.28. The van der Waals surface area contributed by atoms with Crippen molar-refractivity contribution in [3.05, 3.63) is 55.1 Å². The first-order chi connectivity index (χ1) is 11.0. The zero-order valence-corrected chi connectivity index (χ0v) is 13.6. The van der Waals surface area contributed by atoms with E-state index in [9.17, 15) is 13.2 Å². The lowest BCUT2D eigenvalue weighted by atomic mass is 10.1. The highest BCUT2D eigenvalue weighted by molar-refractivity contribution is 7.92. The van der Waals surface area contributed by atoms with E-state index in [1.54, 1.807) is 0 Å². The molecule has 23 heavy (non-hydrogen) atoms. The molecule has 0 unspecified atom stereocenters. The van der Waals surface area contributed by atoms with Gasteiger partial charge in [0.2, 0.25) is 5.91 Å². The van der Waals surface area contributed by atoms with Crippen LogP contribution in [0.1, 0.15) is 0 Å². The molecule has 0 spiro atoms. The number of carbonyl (C=O) groups is 1. The van der Waals surface area contributed by atoms with Crippen molar-refractivity contribution < 1.29 is 13.2 Å². The third-order valence-electron chi connectivity index (χ3n) is 3.28. The Balaban J connectivity index is 1.83. The lowest BCUT2D eigenvalue weighted by molar-refractivity contribution is -0.118. The van der Waals surface area contributed by atoms with Crippen LogP contribution in [0.2, 0.25) is 0 Å². The minimum atomic E-state index is -3.40. The maximum Gasteiger partial charge on any atom is 0.235 e. The number of nitrogens with one attached hydrogen (secondary N) is 2. The Bertz CT molecular complexity index is 795. The highest BCUT2D eigenvalue weighted by atomic mass is 32.2. The summed E-state index contributed by atoms with van der Waals surface area (Å²) in [4.78, 5) is 11.6. The second-order valence-corrected chi connectivity index (χ2v) is 7.26. The summed E-state index contributed by atoms with van der Waals surface area (Å²) in [5.41, 5.74) is 0.983. The number of hydrogen-bond donors (Lipinski definition) is 2. The van der Waals surface area contributed by atoms with Gasteiger partial charge in [-0.25, -0.2) is 8.42 Å². The molecule has 0 radical (unpaired) electrons. The molecule has 0 atom stereocenters. The van der Waals surface area contributed by atoms with Gasteiger partial charge in [0, 0.05) is 24.2 Å². The molecule has 5 nitrogen and oxygen atoms in total. The normalized spacial score (nSPS) is 11.1. The van der Waals surface area contributed by atoms with Gasteiger partial charge < -0.3 is 10.6 Å². The van der Waals surface area contributed by atoms with Gasteiger partial charge in [0.05, 0.1) is 5.75 Å². The molecule has 0 aliphatic rings. The topological polar surface area (TPSA) is 75.3 Å². The van der Waals surface area contributed by atoms with E-state index in [4.69, 9.17) is 0 Å². The minimum Gasteiger partial charge on any atom is -0.383 e. The molecule has 0 saturated heterocycles. The predicted molar refractivity (Wildman–Crippen MR) is 94.3 cm³/mol. The third kappa shape index (κ3) is 5.10. The number of rotatable bonds is 8. The molecule has 122 valence electrons. The number of anilines is 1. The van der Waals surface area contributed by atoms with E-state index in [-0.39, 0.29) is 5.75 Å². The summed E-state index contributed by atoms with van der Waals surface area (Å²) in [6, 6.07) is 14.0. The predicted octanol–water partition coefficient (Wildman–Crippen LogP) is 1.97. The van der Waals surface area contributed by atoms with Crippen molar-refractivity contribution in [3.63, 3.8) is 0 Å². The van der Waals surface area contributed by atoms with Crippen LogP contribution in [0.25, 0.3) is 10.8 Å². The average Bonchev–Trinajstić information content (AvgIpc) is 2.51. The molecular weight excluding hydrogens is 312 g/mol. The van der Waals surface area contributed by atoms with E-state index in [0.717, 1.165) is 16.5 Å². The number of amides is 1. The van der Waals surface area contributed by atoms with Gasteiger partial charge in [0.25, 0.3) is 0 Å². The quantitative estimate of drug-likeness (QED) is 0.572. The SMILES string of the molecule is C=CCS(=O)(=O)CC(=O)NCCNc1cccc2ccccc12. The van der Waals surface area contributed by atoms with Crippen LogP contribution in [0.3, 0.4) is 0 Å². The van der Waals surface area contributed by atoms with Gasteiger partial charge in [-0.1, -0.05) is 42.5 Å². The van der Waals surface area contributed by atoms with Crippen molar-refractivity contribution in [2.45, 2.75) is 0 Å². The molecule has 0 aliphatic carbocycles. The maximum absolute atomic E-state index is 11.6. The third-order valence-corrected chi connectivity index (χ3v) is 4.72. The van der Waals surface area contributed by atoms with E-state index in [2.05, 4.69) is 17.2 Å². The molecule has 0 heterocycles.